The summed E-state index contributed by atoms with van der Waals surface area (Å²) in [5, 5.41) is 0. The molecule has 0 atom stereocenters. The third kappa shape index (κ3) is 3.66. The topological polar surface area (TPSA) is 46.3 Å². The van der Waals surface area contributed by atoms with Crippen molar-refractivity contribution in [2.45, 2.75) is 46.6 Å². The largest absolute Gasteiger partial charge is 0.338 e. The van der Waals surface area contributed by atoms with Crippen LogP contribution in [0, 0.1) is 5.92 Å². The zero-order valence-corrected chi connectivity index (χ0v) is 9.92. The average molecular weight is 200 g/mol. The predicted molar refractivity (Wildman–Crippen MR) is 60.0 cm³/mol. The summed E-state index contributed by atoms with van der Waals surface area (Å²) >= 11 is 0. The summed E-state index contributed by atoms with van der Waals surface area (Å²) in [4.78, 5) is 13.8. The molecule has 0 rings (SSSR count). The van der Waals surface area contributed by atoms with Crippen molar-refractivity contribution >= 4 is 5.91 Å². The Labute approximate surface area is 87.6 Å². The molecule has 0 aromatic rings. The van der Waals surface area contributed by atoms with E-state index in [1.54, 1.807) is 0 Å². The minimum absolute atomic E-state index is 0.0714. The molecule has 14 heavy (non-hydrogen) atoms. The van der Waals surface area contributed by atoms with Crippen molar-refractivity contribution in [3.05, 3.63) is 0 Å². The molecule has 0 aromatic heterocycles. The van der Waals surface area contributed by atoms with Gasteiger partial charge in [0.2, 0.25) is 5.91 Å². The van der Waals surface area contributed by atoms with E-state index in [1.807, 2.05) is 18.7 Å². The lowest BCUT2D eigenvalue weighted by molar-refractivity contribution is -0.136. The van der Waals surface area contributed by atoms with Gasteiger partial charge >= 0.3 is 0 Å². The highest BCUT2D eigenvalue weighted by Crippen LogP contribution is 2.11. The number of carbonyl (C=O) groups is 1. The molecule has 0 saturated heterocycles. The van der Waals surface area contributed by atoms with Crippen molar-refractivity contribution in [3.63, 3.8) is 0 Å². The lowest BCUT2D eigenvalue weighted by Gasteiger charge is -2.31. The van der Waals surface area contributed by atoms with Crippen molar-refractivity contribution in [2.24, 2.45) is 11.7 Å². The molecule has 3 nitrogen and oxygen atoms in total. The van der Waals surface area contributed by atoms with E-state index in [9.17, 15) is 4.79 Å². The van der Waals surface area contributed by atoms with E-state index in [2.05, 4.69) is 13.8 Å². The van der Waals surface area contributed by atoms with Crippen LogP contribution in [0.3, 0.4) is 0 Å². The molecule has 0 radical (unpaired) electrons. The van der Waals surface area contributed by atoms with Gasteiger partial charge in [-0.2, -0.15) is 0 Å². The molecule has 1 amide bonds. The van der Waals surface area contributed by atoms with Gasteiger partial charge in [-0.05, 0) is 12.8 Å². The Balaban J connectivity index is 4.47. The van der Waals surface area contributed by atoms with Crippen molar-refractivity contribution < 1.29 is 4.79 Å². The van der Waals surface area contributed by atoms with E-state index in [0.717, 1.165) is 12.8 Å². The van der Waals surface area contributed by atoms with E-state index < -0.39 is 0 Å². The fraction of sp³-hybridized carbons (Fsp3) is 0.909. The minimum atomic E-state index is 0.0714. The highest BCUT2D eigenvalue weighted by molar-refractivity contribution is 5.78. The van der Waals surface area contributed by atoms with Crippen LogP contribution >= 0.6 is 0 Å². The molecule has 0 heterocycles. The molecule has 0 fully saturated rings. The summed E-state index contributed by atoms with van der Waals surface area (Å²) < 4.78 is 0. The van der Waals surface area contributed by atoms with Crippen LogP contribution in [0.2, 0.25) is 0 Å². The smallest absolute Gasteiger partial charge is 0.225 e. The molecule has 0 aliphatic heterocycles. The Kier molecular flexibility index (Phi) is 6.54. The molecule has 2 N–H and O–H groups in total. The highest BCUT2D eigenvalue weighted by atomic mass is 16.2. The molecule has 0 aromatic carbocycles. The number of amides is 1. The number of carbonyl (C=O) groups excluding carboxylic acids is 1. The van der Waals surface area contributed by atoms with Crippen LogP contribution in [0.5, 0.6) is 0 Å². The summed E-state index contributed by atoms with van der Waals surface area (Å²) in [6, 6.07) is 0.355. The molecule has 84 valence electrons. The zero-order valence-electron chi connectivity index (χ0n) is 9.92. The van der Waals surface area contributed by atoms with Gasteiger partial charge in [-0.1, -0.05) is 27.7 Å². The Bertz CT molecular complexity index is 165. The second-order valence-corrected chi connectivity index (χ2v) is 3.95. The summed E-state index contributed by atoms with van der Waals surface area (Å²) in [5.41, 5.74) is 5.52. The van der Waals surface area contributed by atoms with Gasteiger partial charge < -0.3 is 10.6 Å². The van der Waals surface area contributed by atoms with Crippen LogP contribution < -0.4 is 5.73 Å². The van der Waals surface area contributed by atoms with Gasteiger partial charge in [0.25, 0.3) is 0 Å². The number of hydrogen-bond acceptors (Lipinski definition) is 2. The van der Waals surface area contributed by atoms with Gasteiger partial charge in [0.1, 0.15) is 0 Å². The SMILES string of the molecule is CCC(CC)N(CCN)C(=O)C(C)C. The first kappa shape index (κ1) is 13.4. The Morgan fingerprint density at radius 2 is 1.79 bits per heavy atom. The molecular weight excluding hydrogens is 176 g/mol. The van der Waals surface area contributed by atoms with Gasteiger partial charge in [0, 0.05) is 25.0 Å². The van der Waals surface area contributed by atoms with Gasteiger partial charge in [-0.15, -0.1) is 0 Å². The summed E-state index contributed by atoms with van der Waals surface area (Å²) in [6.45, 7) is 9.34. The minimum Gasteiger partial charge on any atom is -0.338 e. The maximum absolute atomic E-state index is 11.9. The van der Waals surface area contributed by atoms with E-state index in [1.165, 1.54) is 0 Å². The van der Waals surface area contributed by atoms with E-state index >= 15 is 0 Å². The monoisotopic (exact) mass is 200 g/mol. The molecule has 3 heteroatoms. The van der Waals surface area contributed by atoms with Crippen LogP contribution in [0.15, 0.2) is 0 Å². The van der Waals surface area contributed by atoms with E-state index in [0.29, 0.717) is 19.1 Å². The maximum Gasteiger partial charge on any atom is 0.225 e. The van der Waals surface area contributed by atoms with Gasteiger partial charge in [-0.25, -0.2) is 0 Å². The summed E-state index contributed by atoms with van der Waals surface area (Å²) in [5.74, 6) is 0.297. The first-order chi connectivity index (χ1) is 6.58. The molecular formula is C11H24N2O. The Morgan fingerprint density at radius 3 is 2.07 bits per heavy atom. The third-order valence-corrected chi connectivity index (χ3v) is 2.53. The molecule has 0 bridgehead atoms. The zero-order chi connectivity index (χ0) is 11.1. The molecule has 0 aliphatic rings. The second kappa shape index (κ2) is 6.82. The van der Waals surface area contributed by atoms with Crippen LogP contribution in [-0.2, 0) is 4.79 Å². The van der Waals surface area contributed by atoms with Crippen LogP contribution in [0.25, 0.3) is 0 Å². The van der Waals surface area contributed by atoms with Gasteiger partial charge in [0.15, 0.2) is 0 Å². The first-order valence-electron chi connectivity index (χ1n) is 5.58. The number of hydrogen-bond donors (Lipinski definition) is 1. The van der Waals surface area contributed by atoms with Crippen molar-refractivity contribution in [1.82, 2.24) is 4.90 Å². The average Bonchev–Trinajstić information content (AvgIpc) is 2.17. The molecule has 0 aliphatic carbocycles. The van der Waals surface area contributed by atoms with Crippen LogP contribution in [0.4, 0.5) is 0 Å². The first-order valence-corrected chi connectivity index (χ1v) is 5.58. The van der Waals surface area contributed by atoms with E-state index in [4.69, 9.17) is 5.73 Å². The van der Waals surface area contributed by atoms with Crippen molar-refractivity contribution in [2.75, 3.05) is 13.1 Å². The van der Waals surface area contributed by atoms with Crippen LogP contribution in [0.1, 0.15) is 40.5 Å². The molecule has 0 saturated carbocycles. The Morgan fingerprint density at radius 1 is 1.29 bits per heavy atom. The van der Waals surface area contributed by atoms with Crippen molar-refractivity contribution in [1.29, 1.82) is 0 Å². The van der Waals surface area contributed by atoms with Gasteiger partial charge in [-0.3, -0.25) is 4.79 Å². The number of rotatable bonds is 6. The standard InChI is InChI=1S/C11H24N2O/c1-5-10(6-2)13(8-7-12)11(14)9(3)4/h9-10H,5-8,12H2,1-4H3. The Hall–Kier alpha value is -0.570. The fourth-order valence-corrected chi connectivity index (χ4v) is 1.67. The number of nitrogens with two attached hydrogens (primary N) is 1. The lowest BCUT2D eigenvalue weighted by atomic mass is 10.1. The fourth-order valence-electron chi connectivity index (χ4n) is 1.67. The van der Waals surface area contributed by atoms with Crippen molar-refractivity contribution in [3.8, 4) is 0 Å². The molecule has 0 spiro atoms. The second-order valence-electron chi connectivity index (χ2n) is 3.95. The van der Waals surface area contributed by atoms with E-state index in [-0.39, 0.29) is 11.8 Å². The highest BCUT2D eigenvalue weighted by Gasteiger charge is 2.22. The normalized spacial score (nSPS) is 11.1. The summed E-state index contributed by atoms with van der Waals surface area (Å²) in [7, 11) is 0. The van der Waals surface area contributed by atoms with Crippen LogP contribution in [-0.4, -0.2) is 29.9 Å². The predicted octanol–water partition coefficient (Wildman–Crippen LogP) is 1.62. The third-order valence-electron chi connectivity index (χ3n) is 2.53. The maximum atomic E-state index is 11.9. The summed E-state index contributed by atoms with van der Waals surface area (Å²) in [6.07, 6.45) is 2.02. The lowest BCUT2D eigenvalue weighted by Crippen LogP contribution is -2.44. The van der Waals surface area contributed by atoms with Gasteiger partial charge in [0.05, 0.1) is 0 Å². The molecule has 0 unspecified atom stereocenters. The number of nitrogens with zero attached hydrogens (tertiary/aromatic N) is 1. The quantitative estimate of drug-likeness (QED) is 0.708.